The van der Waals surface area contributed by atoms with Gasteiger partial charge in [0, 0.05) is 24.9 Å². The van der Waals surface area contributed by atoms with Crippen molar-refractivity contribution in [2.75, 3.05) is 6.61 Å². The van der Waals surface area contributed by atoms with E-state index in [-0.39, 0.29) is 36.4 Å². The minimum atomic E-state index is -0.124. The van der Waals surface area contributed by atoms with Crippen LogP contribution in [-0.4, -0.2) is 23.6 Å². The van der Waals surface area contributed by atoms with Gasteiger partial charge in [-0.05, 0) is 25.0 Å². The summed E-state index contributed by atoms with van der Waals surface area (Å²) in [6, 6.07) is 6.38. The smallest absolute Gasteiger partial charge is 0.135 e. The zero-order valence-corrected chi connectivity index (χ0v) is 12.7. The van der Waals surface area contributed by atoms with Gasteiger partial charge in [0.1, 0.15) is 5.78 Å². The van der Waals surface area contributed by atoms with Gasteiger partial charge in [-0.3, -0.25) is 4.79 Å². The highest BCUT2D eigenvalue weighted by molar-refractivity contribution is 5.78. The Kier molecular flexibility index (Phi) is 4.61. The van der Waals surface area contributed by atoms with Gasteiger partial charge in [-0.15, -0.1) is 0 Å². The van der Waals surface area contributed by atoms with E-state index in [4.69, 9.17) is 4.74 Å². The Bertz CT molecular complexity index is 495. The van der Waals surface area contributed by atoms with Crippen LogP contribution >= 0.6 is 0 Å². The van der Waals surface area contributed by atoms with Gasteiger partial charge >= 0.3 is 0 Å². The summed E-state index contributed by atoms with van der Waals surface area (Å²) in [5, 5.41) is 9.27. The molecule has 1 aromatic rings. The molecule has 0 aliphatic carbocycles. The first-order valence-electron chi connectivity index (χ1n) is 7.33. The largest absolute Gasteiger partial charge is 0.396 e. The summed E-state index contributed by atoms with van der Waals surface area (Å²) in [7, 11) is 0. The predicted octanol–water partition coefficient (Wildman–Crippen LogP) is 3.15. The van der Waals surface area contributed by atoms with Crippen molar-refractivity contribution in [1.82, 2.24) is 0 Å². The Morgan fingerprint density at radius 1 is 1.40 bits per heavy atom. The average molecular weight is 276 g/mol. The molecule has 20 heavy (non-hydrogen) atoms. The molecule has 1 aliphatic heterocycles. The Hall–Kier alpha value is -1.19. The molecule has 0 bridgehead atoms. The molecule has 0 spiro atoms. The number of rotatable bonds is 4. The molecular formula is C17H24O3. The molecule has 4 atom stereocenters. The van der Waals surface area contributed by atoms with E-state index < -0.39 is 0 Å². The van der Waals surface area contributed by atoms with Crippen molar-refractivity contribution in [2.45, 2.75) is 52.2 Å². The Labute approximate surface area is 121 Å². The molecule has 0 radical (unpaired) electrons. The number of Topliss-reactive ketones (excluding diaryl/α,β-unsaturated/α-hetero) is 1. The maximum absolute atomic E-state index is 11.7. The molecular weight excluding hydrogens is 252 g/mol. The summed E-state index contributed by atoms with van der Waals surface area (Å²) in [6.45, 7) is 7.82. The highest BCUT2D eigenvalue weighted by Gasteiger charge is 2.37. The molecule has 3 heteroatoms. The number of hydrogen-bond donors (Lipinski definition) is 1. The van der Waals surface area contributed by atoms with Crippen LogP contribution in [0.5, 0.6) is 0 Å². The van der Waals surface area contributed by atoms with E-state index in [1.165, 1.54) is 16.7 Å². The van der Waals surface area contributed by atoms with Crippen LogP contribution < -0.4 is 0 Å². The molecule has 0 saturated carbocycles. The number of benzene rings is 1. The summed E-state index contributed by atoms with van der Waals surface area (Å²) < 4.78 is 6.16. The van der Waals surface area contributed by atoms with E-state index in [2.05, 4.69) is 32.0 Å². The van der Waals surface area contributed by atoms with Crippen LogP contribution in [0.1, 0.15) is 55.9 Å². The lowest BCUT2D eigenvalue weighted by molar-refractivity contribution is -0.131. The predicted molar refractivity (Wildman–Crippen MR) is 78.8 cm³/mol. The Morgan fingerprint density at radius 3 is 2.70 bits per heavy atom. The van der Waals surface area contributed by atoms with Crippen molar-refractivity contribution in [3.8, 4) is 0 Å². The fraction of sp³-hybridized carbons (Fsp3) is 0.588. The molecule has 0 aromatic heterocycles. The second kappa shape index (κ2) is 6.06. The number of hydrogen-bond acceptors (Lipinski definition) is 3. The maximum Gasteiger partial charge on any atom is 0.135 e. The van der Waals surface area contributed by atoms with E-state index in [0.29, 0.717) is 6.42 Å². The van der Waals surface area contributed by atoms with E-state index in [1.54, 1.807) is 6.92 Å². The molecule has 3 nitrogen and oxygen atoms in total. The molecule has 1 aliphatic rings. The number of aryl methyl sites for hydroxylation is 1. The number of aliphatic hydroxyl groups excluding tert-OH is 1. The van der Waals surface area contributed by atoms with Gasteiger partial charge in [0.15, 0.2) is 0 Å². The number of aliphatic hydroxyl groups is 1. The molecule has 0 amide bonds. The second-order valence-corrected chi connectivity index (χ2v) is 5.92. The van der Waals surface area contributed by atoms with Crippen molar-refractivity contribution in [1.29, 1.82) is 0 Å². The van der Waals surface area contributed by atoms with Gasteiger partial charge in [0.2, 0.25) is 0 Å². The fourth-order valence-electron chi connectivity index (χ4n) is 3.07. The number of fused-ring (bicyclic) bond motifs is 1. The van der Waals surface area contributed by atoms with Gasteiger partial charge in [0.25, 0.3) is 0 Å². The second-order valence-electron chi connectivity index (χ2n) is 5.92. The lowest BCUT2D eigenvalue weighted by Crippen LogP contribution is -2.37. The van der Waals surface area contributed by atoms with E-state index in [0.717, 1.165) is 0 Å². The van der Waals surface area contributed by atoms with Crippen LogP contribution in [0.2, 0.25) is 0 Å². The van der Waals surface area contributed by atoms with E-state index in [9.17, 15) is 9.90 Å². The lowest BCUT2D eigenvalue weighted by Gasteiger charge is -2.39. The van der Waals surface area contributed by atoms with Crippen molar-refractivity contribution in [2.24, 2.45) is 5.92 Å². The third kappa shape index (κ3) is 2.79. The van der Waals surface area contributed by atoms with Crippen LogP contribution in [0.15, 0.2) is 18.2 Å². The van der Waals surface area contributed by atoms with Gasteiger partial charge < -0.3 is 9.84 Å². The topological polar surface area (TPSA) is 46.5 Å². The molecule has 4 unspecified atom stereocenters. The van der Waals surface area contributed by atoms with Crippen LogP contribution in [-0.2, 0) is 9.53 Å². The summed E-state index contributed by atoms with van der Waals surface area (Å²) in [6.07, 6.45) is 0.349. The normalized spacial score (nSPS) is 26.9. The third-order valence-corrected chi connectivity index (χ3v) is 4.42. The average Bonchev–Trinajstić information content (AvgIpc) is 2.41. The lowest BCUT2D eigenvalue weighted by atomic mass is 9.79. The van der Waals surface area contributed by atoms with Crippen molar-refractivity contribution < 1.29 is 14.6 Å². The summed E-state index contributed by atoms with van der Waals surface area (Å²) in [5.74, 6) is 0.222. The summed E-state index contributed by atoms with van der Waals surface area (Å²) in [5.41, 5.74) is 3.61. The minimum Gasteiger partial charge on any atom is -0.396 e. The van der Waals surface area contributed by atoms with Gasteiger partial charge in [-0.1, -0.05) is 37.6 Å². The first-order chi connectivity index (χ1) is 9.45. The number of carbonyl (C=O) groups is 1. The molecule has 1 N–H and O–H groups in total. The van der Waals surface area contributed by atoms with Crippen molar-refractivity contribution in [3.63, 3.8) is 0 Å². The highest BCUT2D eigenvalue weighted by Crippen LogP contribution is 2.42. The summed E-state index contributed by atoms with van der Waals surface area (Å²) in [4.78, 5) is 11.7. The Balaban J connectivity index is 2.40. The summed E-state index contributed by atoms with van der Waals surface area (Å²) >= 11 is 0. The molecule has 110 valence electrons. The van der Waals surface area contributed by atoms with Gasteiger partial charge in [0.05, 0.1) is 12.2 Å². The van der Waals surface area contributed by atoms with E-state index in [1.807, 2.05) is 6.92 Å². The van der Waals surface area contributed by atoms with Crippen LogP contribution in [0.25, 0.3) is 0 Å². The maximum atomic E-state index is 11.7. The molecule has 1 aromatic carbocycles. The first kappa shape index (κ1) is 15.2. The van der Waals surface area contributed by atoms with Crippen molar-refractivity contribution in [3.05, 3.63) is 34.9 Å². The van der Waals surface area contributed by atoms with Gasteiger partial charge in [-0.25, -0.2) is 0 Å². The molecule has 0 saturated heterocycles. The number of carbonyl (C=O) groups excluding carboxylic acids is 1. The standard InChI is InChI=1S/C17H24O3/c1-10-5-6-14-12(3)17(11(2)13(4)19)20-16(7-8-18)15(14)9-10/h5-6,9,11-12,16-18H,7-8H2,1-4H3. The van der Waals surface area contributed by atoms with Crippen molar-refractivity contribution >= 4 is 5.78 Å². The van der Waals surface area contributed by atoms with Crippen LogP contribution in [0.4, 0.5) is 0 Å². The zero-order chi connectivity index (χ0) is 14.9. The molecule has 0 fully saturated rings. The Morgan fingerprint density at radius 2 is 2.10 bits per heavy atom. The van der Waals surface area contributed by atoms with E-state index >= 15 is 0 Å². The molecule has 2 rings (SSSR count). The highest BCUT2D eigenvalue weighted by atomic mass is 16.5. The quantitative estimate of drug-likeness (QED) is 0.919. The van der Waals surface area contributed by atoms with Crippen LogP contribution in [0.3, 0.4) is 0 Å². The SMILES string of the molecule is CC(=O)C(C)C1OC(CCO)c2cc(C)ccc2C1C. The number of ketones is 1. The third-order valence-electron chi connectivity index (χ3n) is 4.42. The molecule has 1 heterocycles. The first-order valence-corrected chi connectivity index (χ1v) is 7.33. The number of ether oxygens (including phenoxy) is 1. The van der Waals surface area contributed by atoms with Crippen LogP contribution in [0, 0.1) is 12.8 Å². The fourth-order valence-corrected chi connectivity index (χ4v) is 3.07. The monoisotopic (exact) mass is 276 g/mol. The zero-order valence-electron chi connectivity index (χ0n) is 12.7. The minimum absolute atomic E-state index is 0.0909. The van der Waals surface area contributed by atoms with Gasteiger partial charge in [-0.2, -0.15) is 0 Å².